The van der Waals surface area contributed by atoms with Gasteiger partial charge in [-0.1, -0.05) is 18.6 Å². The Balaban J connectivity index is 1.97. The van der Waals surface area contributed by atoms with Gasteiger partial charge in [-0.05, 0) is 12.8 Å². The van der Waals surface area contributed by atoms with Gasteiger partial charge in [-0.3, -0.25) is 0 Å². The summed E-state index contributed by atoms with van der Waals surface area (Å²) in [5.74, 6) is 0.775. The number of hydrogen-bond donors (Lipinski definition) is 1. The van der Waals surface area contributed by atoms with Crippen LogP contribution in [0.2, 0.25) is 0 Å². The highest BCUT2D eigenvalue weighted by Gasteiger charge is 2.47. The molecule has 0 aromatic rings. The number of hydrogen-bond acceptors (Lipinski definition) is 2. The Morgan fingerprint density at radius 3 is 2.25 bits per heavy atom. The molecule has 1 aliphatic carbocycles. The first-order valence-corrected chi connectivity index (χ1v) is 4.88. The number of ether oxygens (including phenoxy) is 1. The zero-order chi connectivity index (χ0) is 8.13. The molecule has 66 valence electrons. The molecular formula is C10H14O2. The zero-order valence-corrected chi connectivity index (χ0v) is 7.02. The first-order chi connectivity index (χ1) is 5.86. The van der Waals surface area contributed by atoms with Gasteiger partial charge in [0.2, 0.25) is 0 Å². The lowest BCUT2D eigenvalue weighted by molar-refractivity contribution is -0.147. The summed E-state index contributed by atoms with van der Waals surface area (Å²) in [6.45, 7) is 0. The quantitative estimate of drug-likeness (QED) is 0.546. The zero-order valence-electron chi connectivity index (χ0n) is 7.02. The SMILES string of the molecule is OC1[C@H]2CCC[C@@H]1[C@H]1C=C[C@@H]2O1. The fourth-order valence-electron chi connectivity index (χ4n) is 2.94. The Bertz CT molecular complexity index is 204. The van der Waals surface area contributed by atoms with Crippen LogP contribution >= 0.6 is 0 Å². The van der Waals surface area contributed by atoms with Crippen molar-refractivity contribution in [2.45, 2.75) is 37.6 Å². The molecule has 12 heavy (non-hydrogen) atoms. The second-order valence-corrected chi connectivity index (χ2v) is 4.20. The van der Waals surface area contributed by atoms with E-state index in [2.05, 4.69) is 12.2 Å². The van der Waals surface area contributed by atoms with Crippen molar-refractivity contribution in [3.63, 3.8) is 0 Å². The van der Waals surface area contributed by atoms with Gasteiger partial charge in [0.05, 0.1) is 18.3 Å². The molecule has 0 aromatic carbocycles. The van der Waals surface area contributed by atoms with Gasteiger partial charge < -0.3 is 9.84 Å². The standard InChI is InChI=1S/C10H14O2/c11-10-6-2-1-3-7(10)9-5-4-8(6)12-9/h4-11H,1-3H2/t6-,7+,8-,9+,10?. The molecule has 0 amide bonds. The smallest absolute Gasteiger partial charge is 0.0817 e. The average molecular weight is 166 g/mol. The van der Waals surface area contributed by atoms with Crippen molar-refractivity contribution in [2.75, 3.05) is 0 Å². The third-order valence-corrected chi connectivity index (χ3v) is 3.60. The van der Waals surface area contributed by atoms with E-state index in [4.69, 9.17) is 4.74 Å². The highest BCUT2D eigenvalue weighted by Crippen LogP contribution is 2.44. The van der Waals surface area contributed by atoms with Gasteiger partial charge in [-0.25, -0.2) is 0 Å². The van der Waals surface area contributed by atoms with Gasteiger partial charge in [0.15, 0.2) is 0 Å². The topological polar surface area (TPSA) is 29.5 Å². The Morgan fingerprint density at radius 1 is 1.08 bits per heavy atom. The van der Waals surface area contributed by atoms with Crippen LogP contribution in [0.1, 0.15) is 19.3 Å². The average Bonchev–Trinajstić information content (AvgIpc) is 2.47. The fourth-order valence-corrected chi connectivity index (χ4v) is 2.94. The molecule has 1 N–H and O–H groups in total. The van der Waals surface area contributed by atoms with Gasteiger partial charge in [-0.15, -0.1) is 0 Å². The summed E-state index contributed by atoms with van der Waals surface area (Å²) in [6.07, 6.45) is 8.18. The third-order valence-electron chi connectivity index (χ3n) is 3.60. The van der Waals surface area contributed by atoms with Crippen molar-refractivity contribution < 1.29 is 9.84 Å². The summed E-state index contributed by atoms with van der Waals surface area (Å²) in [5, 5.41) is 9.95. The summed E-state index contributed by atoms with van der Waals surface area (Å²) < 4.78 is 5.76. The van der Waals surface area contributed by atoms with Crippen molar-refractivity contribution in [1.82, 2.24) is 0 Å². The van der Waals surface area contributed by atoms with Crippen molar-refractivity contribution in [1.29, 1.82) is 0 Å². The van der Waals surface area contributed by atoms with Gasteiger partial charge in [0.25, 0.3) is 0 Å². The van der Waals surface area contributed by atoms with E-state index in [-0.39, 0.29) is 18.3 Å². The lowest BCUT2D eigenvalue weighted by atomic mass is 9.74. The highest BCUT2D eigenvalue weighted by atomic mass is 16.5. The maximum atomic E-state index is 9.95. The van der Waals surface area contributed by atoms with Crippen LogP contribution in [0.5, 0.6) is 0 Å². The lowest BCUT2D eigenvalue weighted by Crippen LogP contribution is -2.49. The van der Waals surface area contributed by atoms with E-state index >= 15 is 0 Å². The normalized spacial score (nSPS) is 55.9. The van der Waals surface area contributed by atoms with Crippen LogP contribution in [0.4, 0.5) is 0 Å². The predicted octanol–water partition coefficient (Wildman–Crippen LogP) is 1.10. The number of rotatable bonds is 0. The number of aliphatic hydroxyl groups excluding tert-OH is 1. The molecule has 1 unspecified atom stereocenters. The molecule has 5 atom stereocenters. The molecule has 2 heterocycles. The van der Waals surface area contributed by atoms with Crippen molar-refractivity contribution in [3.05, 3.63) is 12.2 Å². The first-order valence-electron chi connectivity index (χ1n) is 4.88. The molecule has 1 saturated carbocycles. The highest BCUT2D eigenvalue weighted by molar-refractivity contribution is 5.14. The number of aliphatic hydroxyl groups is 1. The van der Waals surface area contributed by atoms with Crippen LogP contribution in [0.15, 0.2) is 12.2 Å². The molecule has 0 spiro atoms. The molecular weight excluding hydrogens is 152 g/mol. The third kappa shape index (κ3) is 0.771. The van der Waals surface area contributed by atoms with Crippen LogP contribution < -0.4 is 0 Å². The van der Waals surface area contributed by atoms with Gasteiger partial charge in [-0.2, -0.15) is 0 Å². The molecule has 0 aromatic heterocycles. The van der Waals surface area contributed by atoms with Crippen LogP contribution in [0.25, 0.3) is 0 Å². The molecule has 2 heteroatoms. The second-order valence-electron chi connectivity index (χ2n) is 4.20. The molecule has 3 rings (SSSR count). The Hall–Kier alpha value is -0.340. The maximum Gasteiger partial charge on any atom is 0.0817 e. The summed E-state index contributed by atoms with van der Waals surface area (Å²) in [6, 6.07) is 0. The van der Waals surface area contributed by atoms with E-state index in [0.29, 0.717) is 11.8 Å². The molecule has 2 nitrogen and oxygen atoms in total. The Kier molecular flexibility index (Phi) is 1.38. The van der Waals surface area contributed by atoms with Crippen LogP contribution in [-0.2, 0) is 4.74 Å². The van der Waals surface area contributed by atoms with Crippen molar-refractivity contribution >= 4 is 0 Å². The molecule has 2 aliphatic heterocycles. The largest absolute Gasteiger partial charge is 0.392 e. The van der Waals surface area contributed by atoms with Crippen molar-refractivity contribution in [3.8, 4) is 0 Å². The minimum Gasteiger partial charge on any atom is -0.392 e. The summed E-state index contributed by atoms with van der Waals surface area (Å²) in [5.41, 5.74) is 0. The minimum absolute atomic E-state index is 0.0995. The molecule has 1 saturated heterocycles. The second kappa shape index (κ2) is 2.33. The minimum atomic E-state index is -0.0995. The summed E-state index contributed by atoms with van der Waals surface area (Å²) in [4.78, 5) is 0. The van der Waals surface area contributed by atoms with E-state index in [0.717, 1.165) is 12.8 Å². The first kappa shape index (κ1) is 7.10. The van der Waals surface area contributed by atoms with Crippen LogP contribution in [0.3, 0.4) is 0 Å². The fraction of sp³-hybridized carbons (Fsp3) is 0.800. The van der Waals surface area contributed by atoms with Gasteiger partial charge in [0.1, 0.15) is 0 Å². The predicted molar refractivity (Wildman–Crippen MR) is 44.6 cm³/mol. The number of fused-ring (bicyclic) bond motifs is 6. The molecule has 3 aliphatic rings. The Labute approximate surface area is 72.2 Å². The van der Waals surface area contributed by atoms with E-state index in [1.807, 2.05) is 0 Å². The van der Waals surface area contributed by atoms with E-state index in [1.54, 1.807) is 0 Å². The molecule has 4 bridgehead atoms. The lowest BCUT2D eigenvalue weighted by Gasteiger charge is -2.44. The maximum absolute atomic E-state index is 9.95. The monoisotopic (exact) mass is 166 g/mol. The van der Waals surface area contributed by atoms with Crippen molar-refractivity contribution in [2.24, 2.45) is 11.8 Å². The molecule has 0 radical (unpaired) electrons. The van der Waals surface area contributed by atoms with Crippen LogP contribution in [-0.4, -0.2) is 23.4 Å². The van der Waals surface area contributed by atoms with E-state index in [1.165, 1.54) is 6.42 Å². The van der Waals surface area contributed by atoms with Gasteiger partial charge in [0, 0.05) is 11.8 Å². The summed E-state index contributed by atoms with van der Waals surface area (Å²) >= 11 is 0. The van der Waals surface area contributed by atoms with Gasteiger partial charge >= 0.3 is 0 Å². The van der Waals surface area contributed by atoms with E-state index in [9.17, 15) is 5.11 Å². The summed E-state index contributed by atoms with van der Waals surface area (Å²) in [7, 11) is 0. The Morgan fingerprint density at radius 2 is 1.67 bits per heavy atom. The van der Waals surface area contributed by atoms with Crippen LogP contribution in [0, 0.1) is 11.8 Å². The van der Waals surface area contributed by atoms with E-state index < -0.39 is 0 Å². The molecule has 2 fully saturated rings.